The molecule has 2 saturated heterocycles. The Labute approximate surface area is 319 Å². The van der Waals surface area contributed by atoms with Crippen molar-refractivity contribution in [3.05, 3.63) is 123 Å². The molecule has 3 aromatic carbocycles. The van der Waals surface area contributed by atoms with Gasteiger partial charge in [-0.05, 0) is 43.1 Å². The Balaban J connectivity index is 1.36. The summed E-state index contributed by atoms with van der Waals surface area (Å²) in [5, 5.41) is 14.0. The van der Waals surface area contributed by atoms with Crippen molar-refractivity contribution in [3.8, 4) is 16.9 Å². The highest BCUT2D eigenvalue weighted by Crippen LogP contribution is 2.47. The summed E-state index contributed by atoms with van der Waals surface area (Å²) in [4.78, 5) is 4.77. The maximum Gasteiger partial charge on any atom is 0.194 e. The fourth-order valence-electron chi connectivity index (χ4n) is 6.61. The van der Waals surface area contributed by atoms with Gasteiger partial charge < -0.3 is 23.5 Å². The molecule has 6 atom stereocenters. The molecule has 17 heteroatoms. The molecule has 0 bridgehead atoms. The number of aromatic nitrogens is 6. The van der Waals surface area contributed by atoms with Crippen molar-refractivity contribution in [1.82, 2.24) is 29.8 Å². The molecule has 7 rings (SSSR count). The topological polar surface area (TPSA) is 115 Å². The van der Waals surface area contributed by atoms with Gasteiger partial charge in [0.25, 0.3) is 0 Å². The molecule has 11 nitrogen and oxygen atoms in total. The monoisotopic (exact) mass is 802 g/mol. The van der Waals surface area contributed by atoms with Crippen LogP contribution in [0.3, 0.4) is 0 Å². The molecule has 0 saturated carbocycles. The van der Waals surface area contributed by atoms with Gasteiger partial charge in [0.2, 0.25) is 0 Å². The number of halogens is 5. The second kappa shape index (κ2) is 16.1. The van der Waals surface area contributed by atoms with E-state index in [0.29, 0.717) is 39.7 Å². The summed E-state index contributed by atoms with van der Waals surface area (Å²) < 4.78 is 85.2. The Morgan fingerprint density at radius 2 is 1.76 bits per heavy atom. The molecule has 5 aromatic rings. The van der Waals surface area contributed by atoms with Crippen LogP contribution in [-0.2, 0) is 23.5 Å². The van der Waals surface area contributed by atoms with Gasteiger partial charge >= 0.3 is 0 Å². The van der Waals surface area contributed by atoms with Gasteiger partial charge in [-0.15, -0.1) is 5.10 Å². The summed E-state index contributed by atoms with van der Waals surface area (Å²) in [6.07, 6.45) is -0.105. The lowest BCUT2D eigenvalue weighted by atomic mass is 9.90. The zero-order valence-corrected chi connectivity index (χ0v) is 31.8. The molecule has 54 heavy (non-hydrogen) atoms. The molecule has 0 radical (unpaired) electrons. The molecule has 284 valence electrons. The van der Waals surface area contributed by atoms with Crippen LogP contribution in [-0.4, -0.2) is 73.6 Å². The van der Waals surface area contributed by atoms with Crippen LogP contribution in [0.25, 0.3) is 16.9 Å². The number of ether oxygens (including phenoxy) is 4. The van der Waals surface area contributed by atoms with E-state index in [2.05, 4.69) is 15.4 Å². The van der Waals surface area contributed by atoms with E-state index in [0.717, 1.165) is 17.7 Å². The van der Waals surface area contributed by atoms with Crippen LogP contribution in [0.2, 0.25) is 10.0 Å². The quantitative estimate of drug-likeness (QED) is 0.0956. The SMILES string of the molecule is CCP(=O)(/C=C/CO[C@@H]1[C@@H](n2cc(-c3cc(F)c(F)c(F)c3)nn2)[C@H]2O[C@@H](c3ccccc3)OC[C@H]2O[C@H]1c1nc(C)nn1-c1cc(Cl)ccc1Cl)CC. The number of benzene rings is 3. The molecule has 0 aliphatic carbocycles. The number of aryl methyl sites for hydroxylation is 1. The van der Waals surface area contributed by atoms with E-state index in [1.165, 1.54) is 15.6 Å². The van der Waals surface area contributed by atoms with E-state index in [1.54, 1.807) is 37.0 Å². The summed E-state index contributed by atoms with van der Waals surface area (Å²) in [7, 11) is -2.56. The average Bonchev–Trinajstić information content (AvgIpc) is 3.83. The molecule has 0 spiro atoms. The minimum absolute atomic E-state index is 0.00198. The fourth-order valence-corrected chi connectivity index (χ4v) is 8.31. The largest absolute Gasteiger partial charge is 0.369 e. The van der Waals surface area contributed by atoms with Gasteiger partial charge in [0.15, 0.2) is 29.6 Å². The minimum atomic E-state index is -2.56. The van der Waals surface area contributed by atoms with Gasteiger partial charge in [-0.25, -0.2) is 27.5 Å². The van der Waals surface area contributed by atoms with Crippen LogP contribution >= 0.6 is 30.3 Å². The zero-order chi connectivity index (χ0) is 38.1. The van der Waals surface area contributed by atoms with Gasteiger partial charge in [-0.2, -0.15) is 5.10 Å². The first-order valence-corrected chi connectivity index (χ1v) is 20.2. The highest BCUT2D eigenvalue weighted by atomic mass is 35.5. The van der Waals surface area contributed by atoms with Crippen molar-refractivity contribution >= 4 is 30.3 Å². The van der Waals surface area contributed by atoms with E-state index in [1.807, 2.05) is 44.2 Å². The van der Waals surface area contributed by atoms with Crippen LogP contribution in [0.4, 0.5) is 13.2 Å². The number of hydrogen-bond donors (Lipinski definition) is 0. The van der Waals surface area contributed by atoms with Crippen LogP contribution in [0.5, 0.6) is 0 Å². The Hall–Kier alpha value is -3.88. The number of nitrogens with zero attached hydrogens (tertiary/aromatic N) is 6. The van der Waals surface area contributed by atoms with Crippen molar-refractivity contribution in [2.45, 2.75) is 57.5 Å². The smallest absolute Gasteiger partial charge is 0.194 e. The molecule has 0 unspecified atom stereocenters. The molecular formula is C37H36Cl2F3N6O5P. The molecule has 0 amide bonds. The maximum absolute atomic E-state index is 14.4. The predicted molar refractivity (Wildman–Crippen MR) is 196 cm³/mol. The van der Waals surface area contributed by atoms with E-state index in [4.69, 9.17) is 47.1 Å². The first-order valence-electron chi connectivity index (χ1n) is 17.3. The summed E-state index contributed by atoms with van der Waals surface area (Å²) >= 11 is 13.1. The van der Waals surface area contributed by atoms with Crippen molar-refractivity contribution in [3.63, 3.8) is 0 Å². The van der Waals surface area contributed by atoms with Crippen LogP contribution in [0.1, 0.15) is 49.5 Å². The lowest BCUT2D eigenvalue weighted by molar-refractivity contribution is -0.322. The van der Waals surface area contributed by atoms with Crippen molar-refractivity contribution in [2.24, 2.45) is 0 Å². The van der Waals surface area contributed by atoms with Gasteiger partial charge in [0.1, 0.15) is 49.1 Å². The van der Waals surface area contributed by atoms with Gasteiger partial charge in [0.05, 0.1) is 30.1 Å². The van der Waals surface area contributed by atoms with Gasteiger partial charge in [-0.3, -0.25) is 0 Å². The zero-order valence-electron chi connectivity index (χ0n) is 29.4. The third-order valence-electron chi connectivity index (χ3n) is 9.48. The standard InChI is InChI=1S/C37H36Cl2F3N6O5P/c1-4-54(49,5-2)15-9-14-50-34-32(47-19-28(44-46-47)23-16-26(40)31(42)27(41)17-23)33-30(20-51-37(53-33)22-10-7-6-8-11-22)52-35(34)36-43-21(3)45-48(36)29-18-24(38)12-13-25(29)39/h6-13,15-19,30,32-35,37H,4-5,14,20H2,1-3H3/b15-9+/t30-,32+,33+,34-,35-,37+/m1/s1. The third-order valence-corrected chi connectivity index (χ3v) is 12.9. The lowest BCUT2D eigenvalue weighted by Crippen LogP contribution is -2.57. The summed E-state index contributed by atoms with van der Waals surface area (Å²) in [6.45, 7) is 5.55. The molecule has 0 N–H and O–H groups in total. The summed E-state index contributed by atoms with van der Waals surface area (Å²) in [6, 6.07) is 15.1. The third kappa shape index (κ3) is 7.79. The van der Waals surface area contributed by atoms with E-state index < -0.39 is 61.3 Å². The van der Waals surface area contributed by atoms with Gasteiger partial charge in [-0.1, -0.05) is 78.7 Å². The molecular weight excluding hydrogens is 767 g/mol. The van der Waals surface area contributed by atoms with Crippen molar-refractivity contribution in [2.75, 3.05) is 25.5 Å². The summed E-state index contributed by atoms with van der Waals surface area (Å²) in [5.74, 6) is -1.93. The van der Waals surface area contributed by atoms with E-state index >= 15 is 0 Å². The molecule has 2 fully saturated rings. The summed E-state index contributed by atoms with van der Waals surface area (Å²) in [5.41, 5.74) is 1.23. The van der Waals surface area contributed by atoms with E-state index in [-0.39, 0.29) is 24.5 Å². The highest BCUT2D eigenvalue weighted by Gasteiger charge is 2.53. The normalized spacial score (nSPS) is 23.2. The Morgan fingerprint density at radius 1 is 1.02 bits per heavy atom. The van der Waals surface area contributed by atoms with Gasteiger partial charge in [0, 0.05) is 28.5 Å². The second-order valence-corrected chi connectivity index (χ2v) is 17.2. The Morgan fingerprint density at radius 3 is 2.48 bits per heavy atom. The average molecular weight is 804 g/mol. The molecule has 2 aliphatic rings. The molecule has 4 heterocycles. The number of fused-ring (bicyclic) bond motifs is 1. The van der Waals surface area contributed by atoms with E-state index in [9.17, 15) is 17.7 Å². The number of hydrogen-bond acceptors (Lipinski definition) is 9. The lowest BCUT2D eigenvalue weighted by Gasteiger charge is -2.49. The second-order valence-electron chi connectivity index (χ2n) is 12.9. The van der Waals surface area contributed by atoms with Crippen LogP contribution in [0, 0.1) is 24.4 Å². The number of rotatable bonds is 11. The minimum Gasteiger partial charge on any atom is -0.369 e. The molecule has 2 aromatic heterocycles. The maximum atomic E-state index is 14.4. The Bertz CT molecular complexity index is 2180. The highest BCUT2D eigenvalue weighted by molar-refractivity contribution is 7.66. The first-order chi connectivity index (χ1) is 26.0. The fraction of sp³-hybridized carbons (Fsp3) is 0.351. The predicted octanol–water partition coefficient (Wildman–Crippen LogP) is 8.66. The first kappa shape index (κ1) is 38.4. The Kier molecular flexibility index (Phi) is 11.4. The van der Waals surface area contributed by atoms with Crippen molar-refractivity contribution < 1.29 is 36.7 Å². The molecule has 2 aliphatic heterocycles. The van der Waals surface area contributed by atoms with Crippen molar-refractivity contribution in [1.29, 1.82) is 0 Å². The van der Waals surface area contributed by atoms with Crippen LogP contribution in [0.15, 0.2) is 78.8 Å². The van der Waals surface area contributed by atoms with Crippen LogP contribution < -0.4 is 0 Å².